The number of halogens is 2. The molecule has 2 rings (SSSR count). The molecule has 2 aromatic rings. The second-order valence-corrected chi connectivity index (χ2v) is 7.16. The fourth-order valence-electron chi connectivity index (χ4n) is 1.77. The van der Waals surface area contributed by atoms with Gasteiger partial charge in [-0.2, -0.15) is 0 Å². The van der Waals surface area contributed by atoms with Crippen molar-refractivity contribution < 1.29 is 8.42 Å². The van der Waals surface area contributed by atoms with Gasteiger partial charge < -0.3 is 0 Å². The van der Waals surface area contributed by atoms with E-state index >= 15 is 0 Å². The first-order valence-electron chi connectivity index (χ1n) is 5.65. The zero-order valence-corrected chi connectivity index (χ0v) is 13.9. The summed E-state index contributed by atoms with van der Waals surface area (Å²) in [5, 5.41) is 13.0. The number of hydrogen-bond donors (Lipinski definition) is 1. The number of rotatable bonds is 3. The van der Waals surface area contributed by atoms with E-state index in [1.54, 1.807) is 18.2 Å². The van der Waals surface area contributed by atoms with E-state index in [2.05, 4.69) is 26.1 Å². The minimum Gasteiger partial charge on any atom is -0.294 e. The van der Waals surface area contributed by atoms with Gasteiger partial charge in [0.25, 0.3) is 15.2 Å². The molecule has 0 unspecified atom stereocenters. The van der Waals surface area contributed by atoms with Crippen LogP contribution in [0.3, 0.4) is 0 Å². The number of primary sulfonamides is 1. The highest BCUT2D eigenvalue weighted by molar-refractivity contribution is 9.10. The summed E-state index contributed by atoms with van der Waals surface area (Å²) in [7, 11) is -3.94. The number of aromatic nitrogens is 3. The predicted octanol–water partition coefficient (Wildman–Crippen LogP) is 2.59. The molecule has 2 N–H and O–H groups in total. The van der Waals surface area contributed by atoms with Gasteiger partial charge in [0.2, 0.25) is 0 Å². The first-order valence-corrected chi connectivity index (χ1v) is 8.36. The van der Waals surface area contributed by atoms with Crippen molar-refractivity contribution in [2.45, 2.75) is 25.0 Å². The summed E-state index contributed by atoms with van der Waals surface area (Å²) in [6.07, 6.45) is 0. The van der Waals surface area contributed by atoms with Crippen LogP contribution >= 0.6 is 27.5 Å². The van der Waals surface area contributed by atoms with Crippen molar-refractivity contribution in [2.24, 2.45) is 5.14 Å². The highest BCUT2D eigenvalue weighted by atomic mass is 79.9. The molecule has 0 atom stereocenters. The average Bonchev–Trinajstić information content (AvgIpc) is 2.77. The lowest BCUT2D eigenvalue weighted by Crippen LogP contribution is -2.20. The number of hydrogen-bond acceptors (Lipinski definition) is 4. The Morgan fingerprint density at radius 1 is 1.35 bits per heavy atom. The normalized spacial score (nSPS) is 12.1. The molecule has 9 heteroatoms. The summed E-state index contributed by atoms with van der Waals surface area (Å²) < 4.78 is 25.3. The van der Waals surface area contributed by atoms with Gasteiger partial charge in [-0.05, 0) is 48.0 Å². The number of nitrogens with zero attached hydrogens (tertiary/aromatic N) is 3. The van der Waals surface area contributed by atoms with Crippen molar-refractivity contribution in [3.8, 4) is 11.4 Å². The lowest BCUT2D eigenvalue weighted by atomic mass is 10.2. The van der Waals surface area contributed by atoms with Crippen LogP contribution in [0.5, 0.6) is 0 Å². The van der Waals surface area contributed by atoms with Gasteiger partial charge in [0, 0.05) is 16.1 Å². The zero-order valence-electron chi connectivity index (χ0n) is 10.7. The van der Waals surface area contributed by atoms with Gasteiger partial charge in [-0.1, -0.05) is 11.6 Å². The van der Waals surface area contributed by atoms with Crippen LogP contribution in [-0.4, -0.2) is 23.2 Å². The summed E-state index contributed by atoms with van der Waals surface area (Å²) in [5.41, 5.74) is 0.661. The summed E-state index contributed by atoms with van der Waals surface area (Å²) >= 11 is 9.34. The minimum absolute atomic E-state index is 0.171. The molecule has 20 heavy (non-hydrogen) atoms. The maximum absolute atomic E-state index is 11.5. The van der Waals surface area contributed by atoms with E-state index in [1.807, 2.05) is 13.8 Å². The van der Waals surface area contributed by atoms with Crippen molar-refractivity contribution in [1.29, 1.82) is 0 Å². The van der Waals surface area contributed by atoms with E-state index in [4.69, 9.17) is 16.7 Å². The molecule has 0 saturated carbocycles. The van der Waals surface area contributed by atoms with Gasteiger partial charge in [0.15, 0.2) is 5.82 Å². The molecule has 0 fully saturated rings. The van der Waals surface area contributed by atoms with Crippen LogP contribution in [0, 0.1) is 0 Å². The molecular weight excluding hydrogens is 368 g/mol. The minimum atomic E-state index is -3.94. The molecule has 6 nitrogen and oxygen atoms in total. The van der Waals surface area contributed by atoms with E-state index in [0.29, 0.717) is 16.4 Å². The van der Waals surface area contributed by atoms with Crippen molar-refractivity contribution in [1.82, 2.24) is 14.8 Å². The Hall–Kier alpha value is -0.960. The molecule has 0 spiro atoms. The molecule has 0 aliphatic heterocycles. The van der Waals surface area contributed by atoms with Crippen molar-refractivity contribution in [3.05, 3.63) is 27.7 Å². The Kier molecular flexibility index (Phi) is 4.19. The fraction of sp³-hybridized carbons (Fsp3) is 0.273. The highest BCUT2D eigenvalue weighted by Crippen LogP contribution is 2.30. The topological polar surface area (TPSA) is 90.9 Å². The molecule has 0 aliphatic carbocycles. The van der Waals surface area contributed by atoms with Crippen LogP contribution < -0.4 is 5.14 Å². The smallest absolute Gasteiger partial charge is 0.273 e. The van der Waals surface area contributed by atoms with E-state index in [9.17, 15) is 8.42 Å². The van der Waals surface area contributed by atoms with Gasteiger partial charge in [0.05, 0.1) is 5.02 Å². The second-order valence-electron chi connectivity index (χ2n) is 4.44. The Balaban J connectivity index is 2.69. The molecule has 0 aliphatic rings. The van der Waals surface area contributed by atoms with Crippen LogP contribution in [-0.2, 0) is 10.0 Å². The van der Waals surface area contributed by atoms with E-state index in [-0.39, 0.29) is 11.2 Å². The molecule has 1 heterocycles. The van der Waals surface area contributed by atoms with Crippen molar-refractivity contribution >= 4 is 37.6 Å². The third-order valence-corrected chi connectivity index (χ3v) is 4.63. The van der Waals surface area contributed by atoms with Gasteiger partial charge in [-0.15, -0.1) is 10.2 Å². The summed E-state index contributed by atoms with van der Waals surface area (Å²) in [4.78, 5) is 0. The van der Waals surface area contributed by atoms with Crippen LogP contribution in [0.2, 0.25) is 5.02 Å². The van der Waals surface area contributed by atoms with Crippen LogP contribution in [0.15, 0.2) is 27.8 Å². The third-order valence-electron chi connectivity index (χ3n) is 2.61. The Morgan fingerprint density at radius 3 is 2.50 bits per heavy atom. The maximum atomic E-state index is 11.5. The Morgan fingerprint density at radius 2 is 2.00 bits per heavy atom. The van der Waals surface area contributed by atoms with E-state index in [0.717, 1.165) is 4.47 Å². The highest BCUT2D eigenvalue weighted by Gasteiger charge is 2.23. The average molecular weight is 380 g/mol. The van der Waals surface area contributed by atoms with Crippen molar-refractivity contribution in [3.63, 3.8) is 0 Å². The van der Waals surface area contributed by atoms with Crippen LogP contribution in [0.25, 0.3) is 11.4 Å². The van der Waals surface area contributed by atoms with E-state index in [1.165, 1.54) is 4.57 Å². The summed E-state index contributed by atoms with van der Waals surface area (Å²) in [6.45, 7) is 3.64. The number of benzene rings is 1. The van der Waals surface area contributed by atoms with Crippen molar-refractivity contribution in [2.75, 3.05) is 0 Å². The molecule has 0 bridgehead atoms. The molecule has 1 aromatic carbocycles. The molecule has 0 saturated heterocycles. The first-order chi connectivity index (χ1) is 9.21. The number of nitrogens with two attached hydrogens (primary N) is 1. The van der Waals surface area contributed by atoms with Gasteiger partial charge in [0.1, 0.15) is 0 Å². The summed E-state index contributed by atoms with van der Waals surface area (Å²) in [6, 6.07) is 5.04. The Bertz CT molecular complexity index is 758. The van der Waals surface area contributed by atoms with E-state index < -0.39 is 10.0 Å². The molecular formula is C11H12BrClN4O2S. The largest absolute Gasteiger partial charge is 0.294 e. The standard InChI is InChI=1S/C11H12BrClN4O2S/c1-6(2)17-10(15-16-11(17)20(14,18)19)7-3-4-8(12)9(13)5-7/h3-6H,1-2H3,(H2,14,18,19). The van der Waals surface area contributed by atoms with Gasteiger partial charge in [-0.3, -0.25) is 4.57 Å². The van der Waals surface area contributed by atoms with Crippen LogP contribution in [0.4, 0.5) is 0 Å². The fourth-order valence-corrected chi connectivity index (χ4v) is 2.92. The second kappa shape index (κ2) is 5.44. The number of sulfonamides is 1. The molecule has 0 amide bonds. The lowest BCUT2D eigenvalue weighted by molar-refractivity contribution is 0.524. The SMILES string of the molecule is CC(C)n1c(-c2ccc(Br)c(Cl)c2)nnc1S(N)(=O)=O. The predicted molar refractivity (Wildman–Crippen MR) is 79.9 cm³/mol. The molecule has 0 radical (unpaired) electrons. The Labute approximate surface area is 130 Å². The zero-order chi connectivity index (χ0) is 15.1. The monoisotopic (exact) mass is 378 g/mol. The van der Waals surface area contributed by atoms with Gasteiger partial charge in [-0.25, -0.2) is 13.6 Å². The van der Waals surface area contributed by atoms with Gasteiger partial charge >= 0.3 is 0 Å². The first kappa shape index (κ1) is 15.4. The molecule has 1 aromatic heterocycles. The quantitative estimate of drug-likeness (QED) is 0.887. The molecule has 108 valence electrons. The summed E-state index contributed by atoms with van der Waals surface area (Å²) in [5.74, 6) is 0.401. The maximum Gasteiger partial charge on any atom is 0.273 e. The third kappa shape index (κ3) is 2.88. The van der Waals surface area contributed by atoms with Crippen LogP contribution in [0.1, 0.15) is 19.9 Å². The lowest BCUT2D eigenvalue weighted by Gasteiger charge is -2.13.